The molecule has 6 nitrogen and oxygen atoms in total. The Hall–Kier alpha value is -1.23. The van der Waals surface area contributed by atoms with Gasteiger partial charge in [-0.15, -0.1) is 35.3 Å². The van der Waals surface area contributed by atoms with Crippen LogP contribution in [0.2, 0.25) is 0 Å². The second-order valence-corrected chi connectivity index (χ2v) is 7.17. The van der Waals surface area contributed by atoms with Crippen molar-refractivity contribution in [3.8, 4) is 0 Å². The highest BCUT2D eigenvalue weighted by Gasteiger charge is 2.13. The molecular weight excluding hydrogens is 487 g/mol. The summed E-state index contributed by atoms with van der Waals surface area (Å²) in [4.78, 5) is 11.6. The van der Waals surface area contributed by atoms with Crippen LogP contribution in [-0.4, -0.2) is 43.7 Å². The van der Waals surface area contributed by atoms with E-state index < -0.39 is 0 Å². The number of hydrogen-bond donors (Lipinski definition) is 1. The second kappa shape index (κ2) is 13.1. The van der Waals surface area contributed by atoms with E-state index in [1.54, 1.807) is 25.6 Å². The summed E-state index contributed by atoms with van der Waals surface area (Å²) in [7, 11) is 5.45. The molecule has 1 atom stereocenters. The summed E-state index contributed by atoms with van der Waals surface area (Å²) < 4.78 is 10.6. The SMILES string of the molecule is CCNC(=NCc1ccccc1COC)N(C)Cc1csc(C(C)OC)n1.I. The quantitative estimate of drug-likeness (QED) is 0.306. The maximum Gasteiger partial charge on any atom is 0.194 e. The highest BCUT2D eigenvalue weighted by Crippen LogP contribution is 2.21. The van der Waals surface area contributed by atoms with E-state index in [-0.39, 0.29) is 30.1 Å². The fraction of sp³-hybridized carbons (Fsp3) is 0.500. The number of rotatable bonds is 9. The van der Waals surface area contributed by atoms with Crippen molar-refractivity contribution in [2.75, 3.05) is 27.8 Å². The molecule has 1 N–H and O–H groups in total. The van der Waals surface area contributed by atoms with Crippen LogP contribution in [0.15, 0.2) is 34.6 Å². The topological polar surface area (TPSA) is 59.0 Å². The van der Waals surface area contributed by atoms with Gasteiger partial charge in [0, 0.05) is 33.2 Å². The van der Waals surface area contributed by atoms with Crippen LogP contribution < -0.4 is 5.32 Å². The molecule has 8 heteroatoms. The molecule has 1 heterocycles. The molecule has 0 spiro atoms. The smallest absolute Gasteiger partial charge is 0.194 e. The second-order valence-electron chi connectivity index (χ2n) is 6.28. The molecule has 2 rings (SSSR count). The molecule has 0 aliphatic heterocycles. The number of guanidine groups is 1. The predicted octanol–water partition coefficient (Wildman–Crippen LogP) is 4.21. The van der Waals surface area contributed by atoms with Crippen molar-refractivity contribution in [3.63, 3.8) is 0 Å². The lowest BCUT2D eigenvalue weighted by molar-refractivity contribution is 0.119. The van der Waals surface area contributed by atoms with E-state index in [1.165, 1.54) is 11.1 Å². The zero-order valence-electron chi connectivity index (χ0n) is 17.3. The minimum Gasteiger partial charge on any atom is -0.380 e. The summed E-state index contributed by atoms with van der Waals surface area (Å²) in [6.07, 6.45) is 0.0215. The highest BCUT2D eigenvalue weighted by atomic mass is 127. The van der Waals surface area contributed by atoms with Crippen LogP contribution in [0.25, 0.3) is 0 Å². The van der Waals surface area contributed by atoms with Crippen LogP contribution in [0.5, 0.6) is 0 Å². The molecule has 2 aromatic rings. The Morgan fingerprint density at radius 2 is 2.00 bits per heavy atom. The van der Waals surface area contributed by atoms with E-state index in [9.17, 15) is 0 Å². The van der Waals surface area contributed by atoms with E-state index in [2.05, 4.69) is 39.6 Å². The van der Waals surface area contributed by atoms with Crippen molar-refractivity contribution in [1.82, 2.24) is 15.2 Å². The van der Waals surface area contributed by atoms with Gasteiger partial charge in [-0.1, -0.05) is 24.3 Å². The Morgan fingerprint density at radius 1 is 1.29 bits per heavy atom. The van der Waals surface area contributed by atoms with Gasteiger partial charge in [-0.3, -0.25) is 0 Å². The molecule has 0 bridgehead atoms. The molecule has 0 radical (unpaired) electrons. The average molecular weight is 518 g/mol. The first kappa shape index (κ1) is 24.8. The molecule has 1 aromatic carbocycles. The number of aliphatic imine (C=N–C) groups is 1. The molecule has 0 saturated carbocycles. The normalized spacial score (nSPS) is 12.4. The van der Waals surface area contributed by atoms with Crippen molar-refractivity contribution in [3.05, 3.63) is 51.5 Å². The van der Waals surface area contributed by atoms with Crippen LogP contribution >= 0.6 is 35.3 Å². The number of nitrogens with zero attached hydrogens (tertiary/aromatic N) is 3. The molecule has 0 fully saturated rings. The molecule has 1 aromatic heterocycles. The molecule has 1 unspecified atom stereocenters. The number of ether oxygens (including phenoxy) is 2. The average Bonchev–Trinajstić information content (AvgIpc) is 3.14. The summed E-state index contributed by atoms with van der Waals surface area (Å²) in [5.74, 6) is 0.860. The fourth-order valence-electron chi connectivity index (χ4n) is 2.64. The first-order valence-electron chi connectivity index (χ1n) is 9.11. The minimum absolute atomic E-state index is 0. The number of benzene rings is 1. The number of halogens is 1. The van der Waals surface area contributed by atoms with Gasteiger partial charge in [0.25, 0.3) is 0 Å². The summed E-state index contributed by atoms with van der Waals surface area (Å²) in [6, 6.07) is 8.24. The van der Waals surface area contributed by atoms with E-state index in [4.69, 9.17) is 14.5 Å². The lowest BCUT2D eigenvalue weighted by atomic mass is 10.1. The number of nitrogens with one attached hydrogen (secondary N) is 1. The lowest BCUT2D eigenvalue weighted by Crippen LogP contribution is -2.38. The van der Waals surface area contributed by atoms with Gasteiger partial charge in [-0.05, 0) is 25.0 Å². The van der Waals surface area contributed by atoms with Crippen LogP contribution in [0.3, 0.4) is 0 Å². The molecule has 0 saturated heterocycles. The van der Waals surface area contributed by atoms with Gasteiger partial charge >= 0.3 is 0 Å². The van der Waals surface area contributed by atoms with Crippen molar-refractivity contribution in [2.24, 2.45) is 4.99 Å². The Bertz CT molecular complexity index is 739. The van der Waals surface area contributed by atoms with Crippen molar-refractivity contribution in [2.45, 2.75) is 39.6 Å². The molecule has 0 aliphatic carbocycles. The van der Waals surface area contributed by atoms with Crippen LogP contribution in [0, 0.1) is 0 Å². The summed E-state index contributed by atoms with van der Waals surface area (Å²) in [5, 5.41) is 6.44. The Kier molecular flexibility index (Phi) is 11.6. The fourth-order valence-corrected chi connectivity index (χ4v) is 3.48. The summed E-state index contributed by atoms with van der Waals surface area (Å²) in [6.45, 7) is 6.79. The molecular formula is C20H31IN4O2S. The molecule has 0 aliphatic rings. The van der Waals surface area contributed by atoms with Crippen molar-refractivity contribution >= 4 is 41.3 Å². The Balaban J connectivity index is 0.00000392. The lowest BCUT2D eigenvalue weighted by Gasteiger charge is -2.21. The largest absolute Gasteiger partial charge is 0.380 e. The molecule has 28 heavy (non-hydrogen) atoms. The molecule has 156 valence electrons. The number of aromatic nitrogens is 1. The number of thiazole rings is 1. The van der Waals surface area contributed by atoms with E-state index in [0.717, 1.165) is 23.2 Å². The summed E-state index contributed by atoms with van der Waals surface area (Å²) in [5.41, 5.74) is 3.36. The maximum atomic E-state index is 5.35. The van der Waals surface area contributed by atoms with E-state index in [1.807, 2.05) is 26.1 Å². The van der Waals surface area contributed by atoms with Crippen molar-refractivity contribution in [1.29, 1.82) is 0 Å². The third kappa shape index (κ3) is 7.31. The van der Waals surface area contributed by atoms with Gasteiger partial charge in [0.15, 0.2) is 5.96 Å². The monoisotopic (exact) mass is 518 g/mol. The van der Waals surface area contributed by atoms with E-state index in [0.29, 0.717) is 19.7 Å². The highest BCUT2D eigenvalue weighted by molar-refractivity contribution is 14.0. The predicted molar refractivity (Wildman–Crippen MR) is 126 cm³/mol. The van der Waals surface area contributed by atoms with Gasteiger partial charge in [0.2, 0.25) is 0 Å². The van der Waals surface area contributed by atoms with Gasteiger partial charge in [0.05, 0.1) is 25.4 Å². The van der Waals surface area contributed by atoms with Crippen LogP contribution in [0.4, 0.5) is 0 Å². The van der Waals surface area contributed by atoms with Gasteiger partial charge in [0.1, 0.15) is 11.1 Å². The standard InChI is InChI=1S/C20H30N4O2S.HI/c1-6-21-20(22-11-16-9-7-8-10-17(16)13-25-4)24(3)12-18-14-27-19(23-18)15(2)26-5;/h7-10,14-15H,6,11-13H2,1-5H3,(H,21,22);1H. The third-order valence-corrected chi connectivity index (χ3v) is 5.24. The molecule has 0 amide bonds. The first-order valence-corrected chi connectivity index (χ1v) is 9.99. The zero-order valence-corrected chi connectivity index (χ0v) is 20.4. The van der Waals surface area contributed by atoms with Gasteiger partial charge in [-0.25, -0.2) is 9.98 Å². The third-order valence-electron chi connectivity index (χ3n) is 4.18. The Labute approximate surface area is 189 Å². The number of methoxy groups -OCH3 is 2. The van der Waals surface area contributed by atoms with Crippen molar-refractivity contribution < 1.29 is 9.47 Å². The van der Waals surface area contributed by atoms with Crippen LogP contribution in [0.1, 0.15) is 41.8 Å². The number of hydrogen-bond acceptors (Lipinski definition) is 5. The van der Waals surface area contributed by atoms with E-state index >= 15 is 0 Å². The summed E-state index contributed by atoms with van der Waals surface area (Å²) >= 11 is 1.63. The minimum atomic E-state index is 0. The zero-order chi connectivity index (χ0) is 19.6. The van der Waals surface area contributed by atoms with Gasteiger partial charge in [-0.2, -0.15) is 0 Å². The maximum absolute atomic E-state index is 5.35. The van der Waals surface area contributed by atoms with Gasteiger partial charge < -0.3 is 19.7 Å². The van der Waals surface area contributed by atoms with Crippen LogP contribution in [-0.2, 0) is 29.2 Å². The first-order chi connectivity index (χ1) is 13.1. The Morgan fingerprint density at radius 3 is 2.64 bits per heavy atom.